The van der Waals surface area contributed by atoms with Crippen LogP contribution in [0.2, 0.25) is 0 Å². The maximum Gasteiger partial charge on any atom is 0.239 e. The van der Waals surface area contributed by atoms with Gasteiger partial charge in [0.05, 0.1) is 17.8 Å². The zero-order chi connectivity index (χ0) is 26.0. The van der Waals surface area contributed by atoms with E-state index >= 15 is 0 Å². The SMILES string of the molecule is CC(=O)NCCNc1cc(NC(=O)CN2CCN(c3ccccc3C#N)CC2)nc(-c2ccccc2)n1. The second-order valence-electron chi connectivity index (χ2n) is 8.68. The van der Waals surface area contributed by atoms with Crippen LogP contribution in [0.5, 0.6) is 0 Å². The number of hydrogen-bond donors (Lipinski definition) is 3. The minimum absolute atomic E-state index is 0.0995. The molecule has 0 bridgehead atoms. The largest absolute Gasteiger partial charge is 0.368 e. The Bertz CT molecular complexity index is 1270. The van der Waals surface area contributed by atoms with Crippen LogP contribution in [0.1, 0.15) is 12.5 Å². The molecule has 10 heteroatoms. The van der Waals surface area contributed by atoms with E-state index in [1.807, 2.05) is 54.6 Å². The van der Waals surface area contributed by atoms with E-state index in [4.69, 9.17) is 0 Å². The number of nitrogens with zero attached hydrogens (tertiary/aromatic N) is 5. The van der Waals surface area contributed by atoms with Gasteiger partial charge in [-0.2, -0.15) is 5.26 Å². The predicted octanol–water partition coefficient (Wildman–Crippen LogP) is 2.32. The van der Waals surface area contributed by atoms with Gasteiger partial charge in [-0.15, -0.1) is 0 Å². The smallest absolute Gasteiger partial charge is 0.239 e. The number of carbonyl (C=O) groups is 2. The van der Waals surface area contributed by atoms with Crippen molar-refractivity contribution in [2.75, 3.05) is 61.3 Å². The number of hydrogen-bond acceptors (Lipinski definition) is 8. The second-order valence-corrected chi connectivity index (χ2v) is 8.68. The Morgan fingerprint density at radius 3 is 2.38 bits per heavy atom. The molecule has 0 aliphatic carbocycles. The van der Waals surface area contributed by atoms with E-state index in [-0.39, 0.29) is 18.4 Å². The van der Waals surface area contributed by atoms with Crippen molar-refractivity contribution in [3.8, 4) is 17.5 Å². The number of benzene rings is 2. The molecule has 0 spiro atoms. The number of nitrogens with one attached hydrogen (secondary N) is 3. The van der Waals surface area contributed by atoms with Gasteiger partial charge in [0.2, 0.25) is 11.8 Å². The summed E-state index contributed by atoms with van der Waals surface area (Å²) >= 11 is 0. The molecule has 37 heavy (non-hydrogen) atoms. The van der Waals surface area contributed by atoms with Gasteiger partial charge in [-0.25, -0.2) is 9.97 Å². The average Bonchev–Trinajstić information content (AvgIpc) is 2.92. The minimum Gasteiger partial charge on any atom is -0.368 e. The van der Waals surface area contributed by atoms with E-state index < -0.39 is 0 Å². The first kappa shape index (κ1) is 25.6. The maximum absolute atomic E-state index is 12.9. The second kappa shape index (κ2) is 12.5. The summed E-state index contributed by atoms with van der Waals surface area (Å²) in [5.74, 6) is 1.19. The number of rotatable bonds is 9. The fourth-order valence-electron chi connectivity index (χ4n) is 4.12. The fraction of sp³-hybridized carbons (Fsp3) is 0.296. The van der Waals surface area contributed by atoms with Gasteiger partial charge < -0.3 is 20.9 Å². The van der Waals surface area contributed by atoms with E-state index in [0.29, 0.717) is 49.2 Å². The van der Waals surface area contributed by atoms with Crippen molar-refractivity contribution >= 4 is 29.1 Å². The lowest BCUT2D eigenvalue weighted by Gasteiger charge is -2.36. The first-order chi connectivity index (χ1) is 18.0. The molecule has 0 unspecified atom stereocenters. The number of aromatic nitrogens is 2. The molecule has 4 rings (SSSR count). The molecule has 1 aromatic heterocycles. The van der Waals surface area contributed by atoms with Gasteiger partial charge in [0.25, 0.3) is 0 Å². The molecule has 3 aromatic rings. The van der Waals surface area contributed by atoms with Crippen LogP contribution in [0.3, 0.4) is 0 Å². The Balaban J connectivity index is 1.38. The Morgan fingerprint density at radius 2 is 1.65 bits per heavy atom. The molecule has 0 radical (unpaired) electrons. The van der Waals surface area contributed by atoms with Crippen molar-refractivity contribution in [2.45, 2.75) is 6.92 Å². The lowest BCUT2D eigenvalue weighted by molar-refractivity contribution is -0.119. The van der Waals surface area contributed by atoms with E-state index in [1.54, 1.807) is 6.07 Å². The highest BCUT2D eigenvalue weighted by Gasteiger charge is 2.21. The van der Waals surface area contributed by atoms with Crippen LogP contribution in [0, 0.1) is 11.3 Å². The molecular formula is C27H30N8O2. The average molecular weight is 499 g/mol. The van der Waals surface area contributed by atoms with E-state index in [2.05, 4.69) is 41.8 Å². The van der Waals surface area contributed by atoms with Crippen molar-refractivity contribution in [1.82, 2.24) is 20.2 Å². The Kier molecular flexibility index (Phi) is 8.62. The van der Waals surface area contributed by atoms with Crippen LogP contribution >= 0.6 is 0 Å². The maximum atomic E-state index is 12.9. The third-order valence-electron chi connectivity index (χ3n) is 5.94. The van der Waals surface area contributed by atoms with Crippen molar-refractivity contribution in [2.24, 2.45) is 0 Å². The number of amides is 2. The summed E-state index contributed by atoms with van der Waals surface area (Å²) in [6.45, 7) is 5.54. The molecule has 1 aliphatic heterocycles. The number of nitriles is 1. The van der Waals surface area contributed by atoms with Crippen LogP contribution in [-0.4, -0.2) is 72.5 Å². The van der Waals surface area contributed by atoms with Crippen LogP contribution < -0.4 is 20.9 Å². The van der Waals surface area contributed by atoms with Crippen LogP contribution in [0.4, 0.5) is 17.3 Å². The number of para-hydroxylation sites is 1. The number of carbonyl (C=O) groups excluding carboxylic acids is 2. The highest BCUT2D eigenvalue weighted by Crippen LogP contribution is 2.22. The third kappa shape index (κ3) is 7.25. The van der Waals surface area contributed by atoms with Crippen LogP contribution in [-0.2, 0) is 9.59 Å². The summed E-state index contributed by atoms with van der Waals surface area (Å²) < 4.78 is 0. The Hall–Kier alpha value is -4.49. The standard InChI is InChI=1S/C27H30N8O2/c1-20(36)29-11-12-30-24-17-25(33-27(32-24)21-7-3-2-4-8-21)31-26(37)19-34-13-15-35(16-14-34)23-10-6-5-9-22(23)18-28/h2-10,17H,11-16,19H2,1H3,(H,29,36)(H2,30,31,32,33,37). The molecule has 1 saturated heterocycles. The van der Waals surface area contributed by atoms with Gasteiger partial charge in [0, 0.05) is 57.8 Å². The fourth-order valence-corrected chi connectivity index (χ4v) is 4.12. The van der Waals surface area contributed by atoms with Crippen LogP contribution in [0.25, 0.3) is 11.4 Å². The Labute approximate surface area is 216 Å². The molecular weight excluding hydrogens is 468 g/mol. The number of piperazine rings is 1. The molecule has 1 aliphatic rings. The molecule has 0 atom stereocenters. The lowest BCUT2D eigenvalue weighted by Crippen LogP contribution is -2.48. The zero-order valence-electron chi connectivity index (χ0n) is 20.8. The normalized spacial score (nSPS) is 13.5. The summed E-state index contributed by atoms with van der Waals surface area (Å²) in [6, 6.07) is 21.1. The van der Waals surface area contributed by atoms with Gasteiger partial charge in [-0.3, -0.25) is 14.5 Å². The summed E-state index contributed by atoms with van der Waals surface area (Å²) in [7, 11) is 0. The highest BCUT2D eigenvalue weighted by molar-refractivity contribution is 5.92. The molecule has 190 valence electrons. The molecule has 2 amide bonds. The molecule has 1 fully saturated rings. The summed E-state index contributed by atoms with van der Waals surface area (Å²) in [5.41, 5.74) is 2.42. The topological polar surface area (TPSA) is 126 Å². The predicted molar refractivity (Wildman–Crippen MR) is 143 cm³/mol. The molecule has 3 N–H and O–H groups in total. The van der Waals surface area contributed by atoms with Gasteiger partial charge >= 0.3 is 0 Å². The Morgan fingerprint density at radius 1 is 0.946 bits per heavy atom. The quantitative estimate of drug-likeness (QED) is 0.384. The van der Waals surface area contributed by atoms with Gasteiger partial charge in [-0.05, 0) is 12.1 Å². The summed E-state index contributed by atoms with van der Waals surface area (Å²) in [6.07, 6.45) is 0. The third-order valence-corrected chi connectivity index (χ3v) is 5.94. The van der Waals surface area contributed by atoms with Crippen LogP contribution in [0.15, 0.2) is 60.7 Å². The van der Waals surface area contributed by atoms with Gasteiger partial charge in [0.15, 0.2) is 5.82 Å². The van der Waals surface area contributed by atoms with Crippen molar-refractivity contribution in [3.05, 3.63) is 66.2 Å². The van der Waals surface area contributed by atoms with E-state index in [9.17, 15) is 14.9 Å². The lowest BCUT2D eigenvalue weighted by atomic mass is 10.1. The van der Waals surface area contributed by atoms with Gasteiger partial charge in [-0.1, -0.05) is 42.5 Å². The highest BCUT2D eigenvalue weighted by atomic mass is 16.2. The first-order valence-corrected chi connectivity index (χ1v) is 12.2. The molecule has 2 aromatic carbocycles. The monoisotopic (exact) mass is 498 g/mol. The van der Waals surface area contributed by atoms with E-state index in [1.165, 1.54) is 6.92 Å². The first-order valence-electron chi connectivity index (χ1n) is 12.2. The molecule has 2 heterocycles. The summed E-state index contributed by atoms with van der Waals surface area (Å²) in [4.78, 5) is 37.4. The molecule has 0 saturated carbocycles. The van der Waals surface area contributed by atoms with Gasteiger partial charge in [0.1, 0.15) is 17.7 Å². The summed E-state index contributed by atoms with van der Waals surface area (Å²) in [5, 5.41) is 18.2. The zero-order valence-corrected chi connectivity index (χ0v) is 20.8. The minimum atomic E-state index is -0.159. The van der Waals surface area contributed by atoms with E-state index in [0.717, 1.165) is 24.3 Å². The van der Waals surface area contributed by atoms with Crippen molar-refractivity contribution in [3.63, 3.8) is 0 Å². The van der Waals surface area contributed by atoms with Crippen molar-refractivity contribution < 1.29 is 9.59 Å². The molecule has 10 nitrogen and oxygen atoms in total. The number of anilines is 3. The van der Waals surface area contributed by atoms with Crippen molar-refractivity contribution in [1.29, 1.82) is 5.26 Å².